The number of carbonyl (C=O) groups is 1. The number of allylic oxidation sites excluding steroid dienone is 2. The smallest absolute Gasteiger partial charge is 0.410 e. The number of anilines is 1. The highest BCUT2D eigenvalue weighted by Crippen LogP contribution is 2.35. The Kier molecular flexibility index (Phi) is 9.79. The zero-order valence-electron chi connectivity index (χ0n) is 28.4. The van der Waals surface area contributed by atoms with Crippen molar-refractivity contribution in [2.45, 2.75) is 71.9 Å². The number of halogens is 2. The monoisotopic (exact) mass is 656 g/mol. The molecule has 0 spiro atoms. The lowest BCUT2D eigenvalue weighted by Gasteiger charge is -2.41. The van der Waals surface area contributed by atoms with Gasteiger partial charge in [0.15, 0.2) is 5.65 Å². The standard InChI is InChI=1S/C37H42F2N6O3/c1-9-12-24-14-11-15-27(38)29(24)31-28(39)20-26-33(44-19-18-43(21-23(44)5)36(47)48-37(6,7)8)42-35(46)45(34(26)41-31)32-25(13-10-2)16-17-40-30(32)22(3)4/h9-11,14-17,20,22-23H,1-2,12-13,18-19,21H2,3-8H3. The van der Waals surface area contributed by atoms with Crippen molar-refractivity contribution in [2.75, 3.05) is 24.5 Å². The molecule has 5 rings (SSSR count). The highest BCUT2D eigenvalue weighted by atomic mass is 19.1. The summed E-state index contributed by atoms with van der Waals surface area (Å²) in [7, 11) is 0. The first-order valence-corrected chi connectivity index (χ1v) is 16.1. The van der Waals surface area contributed by atoms with Crippen LogP contribution in [0.5, 0.6) is 0 Å². The van der Waals surface area contributed by atoms with E-state index < -0.39 is 29.0 Å². The van der Waals surface area contributed by atoms with Crippen molar-refractivity contribution < 1.29 is 18.3 Å². The first kappa shape index (κ1) is 34.4. The van der Waals surface area contributed by atoms with Gasteiger partial charge in [-0.05, 0) is 75.8 Å². The fourth-order valence-electron chi connectivity index (χ4n) is 6.14. The van der Waals surface area contributed by atoms with Crippen LogP contribution in [0, 0.1) is 11.6 Å². The Morgan fingerprint density at radius 1 is 1.06 bits per heavy atom. The molecule has 1 saturated heterocycles. The number of aromatic nitrogens is 4. The van der Waals surface area contributed by atoms with E-state index >= 15 is 8.78 Å². The third kappa shape index (κ3) is 6.72. The van der Waals surface area contributed by atoms with Crippen LogP contribution in [-0.2, 0) is 17.6 Å². The molecule has 4 aromatic rings. The second-order valence-corrected chi connectivity index (χ2v) is 13.3. The van der Waals surface area contributed by atoms with Crippen molar-refractivity contribution in [1.29, 1.82) is 0 Å². The zero-order valence-corrected chi connectivity index (χ0v) is 28.4. The molecule has 0 bridgehead atoms. The van der Waals surface area contributed by atoms with E-state index in [2.05, 4.69) is 23.1 Å². The van der Waals surface area contributed by atoms with Gasteiger partial charge in [-0.1, -0.05) is 38.1 Å². The molecule has 0 aliphatic carbocycles. The number of rotatable bonds is 8. The summed E-state index contributed by atoms with van der Waals surface area (Å²) in [5.74, 6) is -1.29. The van der Waals surface area contributed by atoms with E-state index in [1.165, 1.54) is 16.7 Å². The molecule has 252 valence electrons. The van der Waals surface area contributed by atoms with Gasteiger partial charge in [-0.2, -0.15) is 4.98 Å². The van der Waals surface area contributed by atoms with Crippen molar-refractivity contribution in [3.05, 3.63) is 101 Å². The molecule has 1 aromatic carbocycles. The van der Waals surface area contributed by atoms with E-state index in [1.807, 2.05) is 25.7 Å². The third-order valence-corrected chi connectivity index (χ3v) is 8.22. The van der Waals surface area contributed by atoms with Crippen molar-refractivity contribution in [3.8, 4) is 16.9 Å². The number of pyridine rings is 2. The average molecular weight is 657 g/mol. The van der Waals surface area contributed by atoms with Crippen molar-refractivity contribution in [1.82, 2.24) is 24.4 Å². The largest absolute Gasteiger partial charge is 0.444 e. The molecule has 1 atom stereocenters. The summed E-state index contributed by atoms with van der Waals surface area (Å²) < 4.78 is 38.8. The molecule has 1 fully saturated rings. The number of piperazine rings is 1. The van der Waals surface area contributed by atoms with Crippen LogP contribution in [0.25, 0.3) is 28.0 Å². The van der Waals surface area contributed by atoms with Gasteiger partial charge in [0.25, 0.3) is 0 Å². The van der Waals surface area contributed by atoms with E-state index in [9.17, 15) is 9.59 Å². The van der Waals surface area contributed by atoms with E-state index in [-0.39, 0.29) is 46.5 Å². The summed E-state index contributed by atoms with van der Waals surface area (Å²) in [5, 5.41) is 0.262. The van der Waals surface area contributed by atoms with Crippen LogP contribution >= 0.6 is 0 Å². The highest BCUT2D eigenvalue weighted by molar-refractivity contribution is 5.91. The minimum absolute atomic E-state index is 0.00455. The van der Waals surface area contributed by atoms with Crippen molar-refractivity contribution >= 4 is 22.9 Å². The van der Waals surface area contributed by atoms with E-state index in [1.54, 1.807) is 62.2 Å². The fraction of sp³-hybridized carbons (Fsp3) is 0.378. The summed E-state index contributed by atoms with van der Waals surface area (Å²) in [6.07, 6.45) is 5.28. The van der Waals surface area contributed by atoms with Crippen LogP contribution in [-0.4, -0.2) is 61.8 Å². The molecule has 48 heavy (non-hydrogen) atoms. The number of hydrogen-bond donors (Lipinski definition) is 0. The molecule has 9 nitrogen and oxygen atoms in total. The fourth-order valence-corrected chi connectivity index (χ4v) is 6.14. The maximum atomic E-state index is 16.3. The Bertz CT molecular complexity index is 1950. The predicted molar refractivity (Wildman–Crippen MR) is 185 cm³/mol. The van der Waals surface area contributed by atoms with Gasteiger partial charge in [-0.15, -0.1) is 13.2 Å². The van der Waals surface area contributed by atoms with Gasteiger partial charge in [0.1, 0.15) is 28.7 Å². The summed E-state index contributed by atoms with van der Waals surface area (Å²) in [6.45, 7) is 19.8. The predicted octanol–water partition coefficient (Wildman–Crippen LogP) is 7.15. The second-order valence-electron chi connectivity index (χ2n) is 13.3. The van der Waals surface area contributed by atoms with Gasteiger partial charge < -0.3 is 14.5 Å². The van der Waals surface area contributed by atoms with Crippen LogP contribution in [0.3, 0.4) is 0 Å². The first-order chi connectivity index (χ1) is 22.7. The molecule has 0 saturated carbocycles. The molecular formula is C37H42F2N6O3. The van der Waals surface area contributed by atoms with Gasteiger partial charge in [0, 0.05) is 37.4 Å². The first-order valence-electron chi connectivity index (χ1n) is 16.1. The van der Waals surface area contributed by atoms with Gasteiger partial charge in [-0.3, -0.25) is 4.98 Å². The minimum atomic E-state index is -0.771. The summed E-state index contributed by atoms with van der Waals surface area (Å²) in [6, 6.07) is 7.26. The minimum Gasteiger partial charge on any atom is -0.444 e. The van der Waals surface area contributed by atoms with E-state index in [0.29, 0.717) is 43.0 Å². The average Bonchev–Trinajstić information content (AvgIpc) is 3.01. The lowest BCUT2D eigenvalue weighted by atomic mass is 9.99. The second kappa shape index (κ2) is 13.7. The van der Waals surface area contributed by atoms with E-state index in [0.717, 1.165) is 5.56 Å². The molecule has 1 aliphatic rings. The molecule has 1 unspecified atom stereocenters. The van der Waals surface area contributed by atoms with Crippen molar-refractivity contribution in [2.24, 2.45) is 0 Å². The lowest BCUT2D eigenvalue weighted by Crippen LogP contribution is -2.55. The quantitative estimate of drug-likeness (QED) is 0.186. The normalized spacial score (nSPS) is 15.2. The number of fused-ring (bicyclic) bond motifs is 1. The molecule has 0 radical (unpaired) electrons. The maximum Gasteiger partial charge on any atom is 0.410 e. The molecule has 1 amide bonds. The Hall–Kier alpha value is -4.93. The topological polar surface area (TPSA) is 93.5 Å². The Morgan fingerprint density at radius 3 is 2.42 bits per heavy atom. The van der Waals surface area contributed by atoms with Crippen molar-refractivity contribution in [3.63, 3.8) is 0 Å². The van der Waals surface area contributed by atoms with Crippen LogP contribution < -0.4 is 10.6 Å². The summed E-state index contributed by atoms with van der Waals surface area (Å²) in [4.78, 5) is 44.6. The van der Waals surface area contributed by atoms with Crippen LogP contribution in [0.4, 0.5) is 19.4 Å². The zero-order chi connectivity index (χ0) is 34.9. The van der Waals surface area contributed by atoms with Crippen LogP contribution in [0.1, 0.15) is 64.3 Å². The molecule has 11 heteroatoms. The Labute approximate surface area is 279 Å². The van der Waals surface area contributed by atoms with Gasteiger partial charge in [0.2, 0.25) is 0 Å². The molecule has 1 aliphatic heterocycles. The molecule has 3 aromatic heterocycles. The number of nitrogens with zero attached hydrogens (tertiary/aromatic N) is 6. The molecule has 4 heterocycles. The number of ether oxygens (including phenoxy) is 1. The van der Waals surface area contributed by atoms with Crippen LogP contribution in [0.15, 0.2) is 66.6 Å². The SMILES string of the molecule is C=CCc1cccc(F)c1-c1nc2c(cc1F)c(N1CCN(C(=O)OC(C)(C)C)CC1C)nc(=O)n2-c1c(CC=C)ccnc1C(C)C. The molecule has 0 N–H and O–H groups in total. The lowest BCUT2D eigenvalue weighted by molar-refractivity contribution is 0.0218. The third-order valence-electron chi connectivity index (χ3n) is 8.22. The van der Waals surface area contributed by atoms with Gasteiger partial charge in [-0.25, -0.2) is 27.9 Å². The number of amides is 1. The van der Waals surface area contributed by atoms with Gasteiger partial charge in [0.05, 0.1) is 16.8 Å². The highest BCUT2D eigenvalue weighted by Gasteiger charge is 2.33. The maximum absolute atomic E-state index is 16.3. The number of benzene rings is 1. The number of hydrogen-bond acceptors (Lipinski definition) is 7. The Morgan fingerprint density at radius 2 is 1.77 bits per heavy atom. The summed E-state index contributed by atoms with van der Waals surface area (Å²) >= 11 is 0. The number of carbonyl (C=O) groups excluding carboxylic acids is 1. The van der Waals surface area contributed by atoms with E-state index in [4.69, 9.17) is 9.72 Å². The van der Waals surface area contributed by atoms with Crippen LogP contribution in [0.2, 0.25) is 0 Å². The molecular weight excluding hydrogens is 614 g/mol. The summed E-state index contributed by atoms with van der Waals surface area (Å²) in [5.41, 5.74) is 0.929. The van der Waals surface area contributed by atoms with Gasteiger partial charge >= 0.3 is 11.8 Å². The Balaban J connectivity index is 1.79.